The van der Waals surface area contributed by atoms with Crippen LogP contribution in [-0.2, 0) is 13.0 Å². The molecule has 1 heterocycles. The molecule has 0 aliphatic heterocycles. The van der Waals surface area contributed by atoms with Gasteiger partial charge in [0.2, 0.25) is 0 Å². The number of nitrogens with two attached hydrogens (primary N) is 1. The van der Waals surface area contributed by atoms with E-state index in [1.807, 2.05) is 35.8 Å². The van der Waals surface area contributed by atoms with Crippen LogP contribution in [0.1, 0.15) is 23.0 Å². The number of carbonyl (C=O) groups is 1. The van der Waals surface area contributed by atoms with Crippen molar-refractivity contribution in [3.63, 3.8) is 0 Å². The number of amides is 1. The van der Waals surface area contributed by atoms with Crippen molar-refractivity contribution >= 4 is 23.2 Å². The number of anilines is 1. The van der Waals surface area contributed by atoms with Crippen LogP contribution in [0.25, 0.3) is 0 Å². The smallest absolute Gasteiger partial charge is 0.267 e. The average molecular weight is 292 g/mol. The maximum Gasteiger partial charge on any atom is 0.267 e. The fourth-order valence-corrected chi connectivity index (χ4v) is 2.17. The van der Waals surface area contributed by atoms with Gasteiger partial charge in [0.15, 0.2) is 0 Å². The highest BCUT2D eigenvalue weighted by Gasteiger charge is 2.11. The molecule has 5 heteroatoms. The number of nitrogen functional groups attached to an aromatic ring is 1. The van der Waals surface area contributed by atoms with E-state index in [0.717, 1.165) is 18.5 Å². The second-order valence-electron chi connectivity index (χ2n) is 4.58. The Kier molecular flexibility index (Phi) is 4.69. The molecule has 20 heavy (non-hydrogen) atoms. The maximum absolute atomic E-state index is 12.1. The van der Waals surface area contributed by atoms with Crippen LogP contribution in [0.5, 0.6) is 0 Å². The van der Waals surface area contributed by atoms with Crippen LogP contribution < -0.4 is 11.1 Å². The predicted molar refractivity (Wildman–Crippen MR) is 82.0 cm³/mol. The molecule has 2 aromatic rings. The van der Waals surface area contributed by atoms with E-state index in [2.05, 4.69) is 5.32 Å². The predicted octanol–water partition coefficient (Wildman–Crippen LogP) is 2.72. The number of aryl methyl sites for hydroxylation is 1. The average Bonchev–Trinajstić information content (AvgIpc) is 2.82. The van der Waals surface area contributed by atoms with Gasteiger partial charge in [-0.2, -0.15) is 0 Å². The molecule has 0 aliphatic rings. The molecule has 0 bridgehead atoms. The Morgan fingerprint density at radius 3 is 2.70 bits per heavy atom. The van der Waals surface area contributed by atoms with Gasteiger partial charge in [-0.3, -0.25) is 4.79 Å². The van der Waals surface area contributed by atoms with Gasteiger partial charge in [-0.05, 0) is 37.1 Å². The Morgan fingerprint density at radius 1 is 1.35 bits per heavy atom. The first-order chi connectivity index (χ1) is 9.60. The number of benzene rings is 1. The minimum absolute atomic E-state index is 0.0995. The van der Waals surface area contributed by atoms with Crippen LogP contribution in [-0.4, -0.2) is 17.0 Å². The van der Waals surface area contributed by atoms with Crippen LogP contribution >= 0.6 is 11.6 Å². The monoisotopic (exact) mass is 291 g/mol. The summed E-state index contributed by atoms with van der Waals surface area (Å²) in [6, 6.07) is 9.31. The van der Waals surface area contributed by atoms with Gasteiger partial charge in [-0.1, -0.05) is 23.7 Å². The maximum atomic E-state index is 12.1. The Hall–Kier alpha value is -1.94. The summed E-state index contributed by atoms with van der Waals surface area (Å²) in [5.41, 5.74) is 8.06. The summed E-state index contributed by atoms with van der Waals surface area (Å²) in [5, 5.41) is 3.62. The van der Waals surface area contributed by atoms with Crippen molar-refractivity contribution in [3.05, 3.63) is 52.8 Å². The largest absolute Gasteiger partial charge is 0.397 e. The minimum Gasteiger partial charge on any atom is -0.397 e. The number of rotatable bonds is 5. The lowest BCUT2D eigenvalue weighted by molar-refractivity contribution is 0.0945. The van der Waals surface area contributed by atoms with Gasteiger partial charge in [-0.15, -0.1) is 0 Å². The van der Waals surface area contributed by atoms with Crippen molar-refractivity contribution < 1.29 is 4.79 Å². The quantitative estimate of drug-likeness (QED) is 0.890. The Morgan fingerprint density at radius 2 is 2.05 bits per heavy atom. The van der Waals surface area contributed by atoms with Crippen LogP contribution in [0.4, 0.5) is 5.69 Å². The Labute approximate surface area is 123 Å². The minimum atomic E-state index is -0.0995. The number of nitrogens with one attached hydrogen (secondary N) is 1. The molecule has 0 aliphatic carbocycles. The molecular weight excluding hydrogens is 274 g/mol. The third kappa shape index (κ3) is 3.54. The van der Waals surface area contributed by atoms with Crippen molar-refractivity contribution in [1.82, 2.24) is 9.88 Å². The van der Waals surface area contributed by atoms with Crippen LogP contribution in [0.2, 0.25) is 5.02 Å². The van der Waals surface area contributed by atoms with Gasteiger partial charge in [0.25, 0.3) is 5.91 Å². The normalized spacial score (nSPS) is 10.5. The summed E-state index contributed by atoms with van der Waals surface area (Å²) in [7, 11) is 0. The fourth-order valence-electron chi connectivity index (χ4n) is 2.05. The molecule has 1 amide bonds. The van der Waals surface area contributed by atoms with Crippen LogP contribution in [0.15, 0.2) is 36.5 Å². The molecule has 1 aromatic carbocycles. The standard InChI is InChI=1S/C15H18ClN3O/c1-2-19-10-13(17)9-14(19)15(20)18-8-7-11-3-5-12(16)6-4-11/h3-6,9-10H,2,7-8,17H2,1H3,(H,18,20). The highest BCUT2D eigenvalue weighted by atomic mass is 35.5. The summed E-state index contributed by atoms with van der Waals surface area (Å²) >= 11 is 5.83. The van der Waals surface area contributed by atoms with E-state index in [0.29, 0.717) is 22.9 Å². The summed E-state index contributed by atoms with van der Waals surface area (Å²) in [6.07, 6.45) is 2.54. The summed E-state index contributed by atoms with van der Waals surface area (Å²) in [6.45, 7) is 3.27. The molecule has 0 unspecified atom stereocenters. The van der Waals surface area contributed by atoms with Crippen molar-refractivity contribution in [3.8, 4) is 0 Å². The lowest BCUT2D eigenvalue weighted by Crippen LogP contribution is -2.27. The second kappa shape index (κ2) is 6.48. The highest BCUT2D eigenvalue weighted by molar-refractivity contribution is 6.30. The van der Waals surface area contributed by atoms with Gasteiger partial charge in [0.05, 0.1) is 5.69 Å². The van der Waals surface area contributed by atoms with Gasteiger partial charge >= 0.3 is 0 Å². The molecule has 4 nitrogen and oxygen atoms in total. The first kappa shape index (κ1) is 14.5. The summed E-state index contributed by atoms with van der Waals surface area (Å²) in [4.78, 5) is 12.1. The number of halogens is 1. The molecule has 0 spiro atoms. The molecule has 0 saturated heterocycles. The zero-order valence-electron chi connectivity index (χ0n) is 11.4. The van der Waals surface area contributed by atoms with Crippen molar-refractivity contribution in [2.75, 3.05) is 12.3 Å². The third-order valence-corrected chi connectivity index (χ3v) is 3.36. The topological polar surface area (TPSA) is 60.0 Å². The number of hydrogen-bond donors (Lipinski definition) is 2. The molecular formula is C15H18ClN3O. The van der Waals surface area contributed by atoms with E-state index in [1.54, 1.807) is 12.3 Å². The molecule has 106 valence electrons. The molecule has 2 rings (SSSR count). The van der Waals surface area contributed by atoms with E-state index < -0.39 is 0 Å². The first-order valence-electron chi connectivity index (χ1n) is 6.58. The molecule has 0 radical (unpaired) electrons. The van der Waals surface area contributed by atoms with Gasteiger partial charge in [0, 0.05) is 24.3 Å². The summed E-state index contributed by atoms with van der Waals surface area (Å²) in [5.74, 6) is -0.0995. The molecule has 1 aromatic heterocycles. The molecule has 0 saturated carbocycles. The SMILES string of the molecule is CCn1cc(N)cc1C(=O)NCCc1ccc(Cl)cc1. The molecule has 0 atom stereocenters. The van der Waals surface area contributed by atoms with Gasteiger partial charge < -0.3 is 15.6 Å². The zero-order valence-corrected chi connectivity index (χ0v) is 12.2. The second-order valence-corrected chi connectivity index (χ2v) is 5.01. The van der Waals surface area contributed by atoms with Crippen LogP contribution in [0, 0.1) is 0 Å². The van der Waals surface area contributed by atoms with E-state index in [9.17, 15) is 4.79 Å². The zero-order chi connectivity index (χ0) is 14.5. The highest BCUT2D eigenvalue weighted by Crippen LogP contribution is 2.11. The van der Waals surface area contributed by atoms with E-state index >= 15 is 0 Å². The van der Waals surface area contributed by atoms with E-state index in [-0.39, 0.29) is 5.91 Å². The lowest BCUT2D eigenvalue weighted by Gasteiger charge is -2.07. The Balaban J connectivity index is 1.90. The number of hydrogen-bond acceptors (Lipinski definition) is 2. The van der Waals surface area contributed by atoms with Gasteiger partial charge in [0.1, 0.15) is 5.69 Å². The summed E-state index contributed by atoms with van der Waals surface area (Å²) < 4.78 is 1.84. The lowest BCUT2D eigenvalue weighted by atomic mass is 10.1. The van der Waals surface area contributed by atoms with Crippen LogP contribution in [0.3, 0.4) is 0 Å². The first-order valence-corrected chi connectivity index (χ1v) is 6.96. The molecule has 0 fully saturated rings. The Bertz CT molecular complexity index is 590. The number of carbonyl (C=O) groups excluding carboxylic acids is 1. The van der Waals surface area contributed by atoms with E-state index in [1.165, 1.54) is 0 Å². The van der Waals surface area contributed by atoms with Crippen molar-refractivity contribution in [2.24, 2.45) is 0 Å². The van der Waals surface area contributed by atoms with Crippen molar-refractivity contribution in [1.29, 1.82) is 0 Å². The number of aromatic nitrogens is 1. The van der Waals surface area contributed by atoms with Gasteiger partial charge in [-0.25, -0.2) is 0 Å². The number of nitrogens with zero attached hydrogens (tertiary/aromatic N) is 1. The van der Waals surface area contributed by atoms with Crippen molar-refractivity contribution in [2.45, 2.75) is 19.9 Å². The molecule has 3 N–H and O–H groups in total. The van der Waals surface area contributed by atoms with E-state index in [4.69, 9.17) is 17.3 Å². The third-order valence-electron chi connectivity index (χ3n) is 3.10. The fraction of sp³-hybridized carbons (Fsp3) is 0.267.